The fourth-order valence-corrected chi connectivity index (χ4v) is 2.47. The molecule has 4 aromatic rings. The normalized spacial score (nSPS) is 11.0. The van der Waals surface area contributed by atoms with E-state index in [1.807, 2.05) is 13.0 Å². The zero-order valence-electron chi connectivity index (χ0n) is 12.3. The van der Waals surface area contributed by atoms with Crippen molar-refractivity contribution in [3.63, 3.8) is 0 Å². The van der Waals surface area contributed by atoms with Crippen molar-refractivity contribution in [1.29, 1.82) is 0 Å². The van der Waals surface area contributed by atoms with Gasteiger partial charge in [-0.1, -0.05) is 0 Å². The number of nitrogens with zero attached hydrogens (tertiary/aromatic N) is 5. The molecule has 1 N–H and O–H groups in total. The van der Waals surface area contributed by atoms with E-state index in [0.717, 1.165) is 11.2 Å². The molecule has 0 atom stereocenters. The first-order valence-electron chi connectivity index (χ1n) is 7.05. The quantitative estimate of drug-likeness (QED) is 0.614. The van der Waals surface area contributed by atoms with Gasteiger partial charge < -0.3 is 5.32 Å². The Morgan fingerprint density at radius 3 is 2.96 bits per heavy atom. The summed E-state index contributed by atoms with van der Waals surface area (Å²) < 4.78 is 1.51. The lowest BCUT2D eigenvalue weighted by Crippen LogP contribution is -2.17. The lowest BCUT2D eigenvalue weighted by molar-refractivity contribution is 0.102. The summed E-state index contributed by atoms with van der Waals surface area (Å²) in [6.07, 6.45) is 4.92. The highest BCUT2D eigenvalue weighted by molar-refractivity contribution is 6.07. The summed E-state index contributed by atoms with van der Waals surface area (Å²) in [7, 11) is 0. The van der Waals surface area contributed by atoms with Gasteiger partial charge in [-0.05, 0) is 31.2 Å². The van der Waals surface area contributed by atoms with Crippen LogP contribution in [0.1, 0.15) is 16.2 Å². The number of nitrogens with one attached hydrogen (secondary N) is 1. The second kappa shape index (κ2) is 5.13. The highest BCUT2D eigenvalue weighted by atomic mass is 16.2. The number of hydrogen-bond acceptors (Lipinski definition) is 5. The third-order valence-electron chi connectivity index (χ3n) is 3.46. The monoisotopic (exact) mass is 304 g/mol. The van der Waals surface area contributed by atoms with Crippen LogP contribution < -0.4 is 5.32 Å². The number of amides is 1. The molecule has 4 heterocycles. The fourth-order valence-electron chi connectivity index (χ4n) is 2.47. The number of hydrogen-bond donors (Lipinski definition) is 1. The first-order valence-corrected chi connectivity index (χ1v) is 7.05. The number of rotatable bonds is 2. The molecule has 4 aromatic heterocycles. The first-order chi connectivity index (χ1) is 11.2. The van der Waals surface area contributed by atoms with Crippen LogP contribution in [-0.4, -0.2) is 30.5 Å². The van der Waals surface area contributed by atoms with Crippen LogP contribution in [0.2, 0.25) is 0 Å². The van der Waals surface area contributed by atoms with Crippen LogP contribution in [0.5, 0.6) is 0 Å². The van der Waals surface area contributed by atoms with Gasteiger partial charge in [0, 0.05) is 24.2 Å². The average molecular weight is 304 g/mol. The van der Waals surface area contributed by atoms with Gasteiger partial charge in [-0.25, -0.2) is 9.50 Å². The molecular formula is C16H12N6O. The van der Waals surface area contributed by atoms with Crippen molar-refractivity contribution >= 4 is 28.3 Å². The van der Waals surface area contributed by atoms with E-state index in [2.05, 4.69) is 25.4 Å². The molecule has 0 saturated carbocycles. The minimum atomic E-state index is -0.276. The highest BCUT2D eigenvalue weighted by Gasteiger charge is 2.14. The second-order valence-corrected chi connectivity index (χ2v) is 5.07. The van der Waals surface area contributed by atoms with Gasteiger partial charge in [0.2, 0.25) is 0 Å². The van der Waals surface area contributed by atoms with Crippen LogP contribution in [0.15, 0.2) is 48.9 Å². The molecule has 0 aliphatic heterocycles. The molecule has 0 saturated heterocycles. The summed E-state index contributed by atoms with van der Waals surface area (Å²) >= 11 is 0. The number of fused-ring (bicyclic) bond motifs is 2. The van der Waals surface area contributed by atoms with Gasteiger partial charge in [0.15, 0.2) is 5.65 Å². The van der Waals surface area contributed by atoms with Gasteiger partial charge in [0.05, 0.1) is 17.4 Å². The van der Waals surface area contributed by atoms with Gasteiger partial charge in [-0.3, -0.25) is 14.8 Å². The van der Waals surface area contributed by atoms with Gasteiger partial charge >= 0.3 is 0 Å². The van der Waals surface area contributed by atoms with E-state index in [1.54, 1.807) is 42.9 Å². The Morgan fingerprint density at radius 2 is 2.04 bits per heavy atom. The summed E-state index contributed by atoms with van der Waals surface area (Å²) in [4.78, 5) is 25.5. The standard InChI is InChI=1S/C16H12N6O/c1-10-9-13(22-14(20-10)5-8-19-22)16(23)21-12-4-7-17-11-3-2-6-18-15(11)12/h2-9H,1H3,(H,17,21,23). The number of carbonyl (C=O) groups excluding carboxylic acids is 1. The van der Waals surface area contributed by atoms with Crippen molar-refractivity contribution in [3.8, 4) is 0 Å². The molecule has 4 rings (SSSR count). The molecule has 1 amide bonds. The Labute approximate surface area is 131 Å². The Balaban J connectivity index is 1.78. The predicted molar refractivity (Wildman–Crippen MR) is 85.2 cm³/mol. The number of aromatic nitrogens is 5. The van der Waals surface area contributed by atoms with Crippen LogP contribution in [0.4, 0.5) is 5.69 Å². The molecule has 0 aliphatic rings. The molecule has 0 spiro atoms. The van der Waals surface area contributed by atoms with E-state index < -0.39 is 0 Å². The van der Waals surface area contributed by atoms with Crippen LogP contribution in [0.3, 0.4) is 0 Å². The van der Waals surface area contributed by atoms with E-state index in [0.29, 0.717) is 22.5 Å². The summed E-state index contributed by atoms with van der Waals surface area (Å²) in [5, 5.41) is 7.03. The molecule has 0 fully saturated rings. The number of pyridine rings is 2. The van der Waals surface area contributed by atoms with Crippen molar-refractivity contribution < 1.29 is 4.79 Å². The Hall–Kier alpha value is -3.35. The van der Waals surface area contributed by atoms with Crippen molar-refractivity contribution in [2.45, 2.75) is 6.92 Å². The molecule has 0 aromatic carbocycles. The van der Waals surface area contributed by atoms with Gasteiger partial charge in [-0.2, -0.15) is 5.10 Å². The topological polar surface area (TPSA) is 85.1 Å². The summed E-state index contributed by atoms with van der Waals surface area (Å²) in [5.41, 5.74) is 3.77. The van der Waals surface area contributed by atoms with Gasteiger partial charge in [-0.15, -0.1) is 0 Å². The fraction of sp³-hybridized carbons (Fsp3) is 0.0625. The van der Waals surface area contributed by atoms with Crippen molar-refractivity contribution in [2.75, 3.05) is 5.32 Å². The predicted octanol–water partition coefficient (Wildman–Crippen LogP) is 2.23. The third kappa shape index (κ3) is 2.28. The van der Waals surface area contributed by atoms with Crippen molar-refractivity contribution in [3.05, 3.63) is 60.3 Å². The largest absolute Gasteiger partial charge is 0.319 e. The third-order valence-corrected chi connectivity index (χ3v) is 3.46. The smallest absolute Gasteiger partial charge is 0.274 e. The number of aryl methyl sites for hydroxylation is 1. The molecule has 0 unspecified atom stereocenters. The van der Waals surface area contributed by atoms with Crippen LogP contribution in [-0.2, 0) is 0 Å². The summed E-state index contributed by atoms with van der Waals surface area (Å²) in [5.74, 6) is -0.276. The van der Waals surface area contributed by atoms with E-state index >= 15 is 0 Å². The molecular weight excluding hydrogens is 292 g/mol. The maximum absolute atomic E-state index is 12.7. The molecule has 7 nitrogen and oxygen atoms in total. The van der Waals surface area contributed by atoms with Gasteiger partial charge in [0.1, 0.15) is 11.2 Å². The first kappa shape index (κ1) is 13.3. The van der Waals surface area contributed by atoms with Crippen molar-refractivity contribution in [2.24, 2.45) is 0 Å². The summed E-state index contributed by atoms with van der Waals surface area (Å²) in [6.45, 7) is 1.84. The molecule has 23 heavy (non-hydrogen) atoms. The van der Waals surface area contributed by atoms with Crippen LogP contribution in [0, 0.1) is 6.92 Å². The zero-order chi connectivity index (χ0) is 15.8. The lowest BCUT2D eigenvalue weighted by atomic mass is 10.2. The molecule has 112 valence electrons. The number of anilines is 1. The Morgan fingerprint density at radius 1 is 1.13 bits per heavy atom. The van der Waals surface area contributed by atoms with E-state index in [-0.39, 0.29) is 5.91 Å². The van der Waals surface area contributed by atoms with Crippen LogP contribution >= 0.6 is 0 Å². The van der Waals surface area contributed by atoms with E-state index in [9.17, 15) is 4.79 Å². The summed E-state index contributed by atoms with van der Waals surface area (Å²) in [6, 6.07) is 8.83. The Kier molecular flexibility index (Phi) is 2.97. The molecule has 7 heteroatoms. The molecule has 0 radical (unpaired) electrons. The number of carbonyl (C=O) groups is 1. The van der Waals surface area contributed by atoms with E-state index in [4.69, 9.17) is 0 Å². The maximum atomic E-state index is 12.7. The minimum Gasteiger partial charge on any atom is -0.319 e. The maximum Gasteiger partial charge on any atom is 0.274 e. The second-order valence-electron chi connectivity index (χ2n) is 5.07. The molecule has 0 aliphatic carbocycles. The zero-order valence-corrected chi connectivity index (χ0v) is 12.3. The Bertz CT molecular complexity index is 1030. The van der Waals surface area contributed by atoms with Gasteiger partial charge in [0.25, 0.3) is 5.91 Å². The average Bonchev–Trinajstić information content (AvgIpc) is 3.02. The highest BCUT2D eigenvalue weighted by Crippen LogP contribution is 2.19. The van der Waals surface area contributed by atoms with Crippen LogP contribution in [0.25, 0.3) is 16.7 Å². The SMILES string of the molecule is Cc1cc(C(=O)Nc2ccnc3cccnc23)n2nccc2n1. The minimum absolute atomic E-state index is 0.276. The lowest BCUT2D eigenvalue weighted by Gasteiger charge is -2.09. The van der Waals surface area contributed by atoms with E-state index in [1.165, 1.54) is 4.52 Å². The van der Waals surface area contributed by atoms with Crippen molar-refractivity contribution in [1.82, 2.24) is 24.6 Å². The molecule has 0 bridgehead atoms.